The molecule has 21 heavy (non-hydrogen) atoms. The van der Waals surface area contributed by atoms with E-state index in [-0.39, 0.29) is 5.41 Å². The van der Waals surface area contributed by atoms with Gasteiger partial charge in [-0.05, 0) is 50.8 Å². The second-order valence-corrected chi connectivity index (χ2v) is 7.26. The molecule has 5 heteroatoms. The van der Waals surface area contributed by atoms with E-state index in [0.29, 0.717) is 36.2 Å². The van der Waals surface area contributed by atoms with Crippen LogP contribution in [0.1, 0.15) is 32.3 Å². The van der Waals surface area contributed by atoms with Crippen molar-refractivity contribution in [1.29, 1.82) is 0 Å². The van der Waals surface area contributed by atoms with Crippen LogP contribution in [0.15, 0.2) is 12.1 Å². The molecule has 1 aromatic rings. The van der Waals surface area contributed by atoms with Gasteiger partial charge in [-0.25, -0.2) is 0 Å². The first-order valence-electron chi connectivity index (χ1n) is 7.13. The summed E-state index contributed by atoms with van der Waals surface area (Å²) in [6, 6.07) is 3.63. The van der Waals surface area contributed by atoms with Crippen molar-refractivity contribution in [2.75, 3.05) is 13.2 Å². The summed E-state index contributed by atoms with van der Waals surface area (Å²) in [7, 11) is 0. The first kappa shape index (κ1) is 14.5. The van der Waals surface area contributed by atoms with Crippen molar-refractivity contribution in [3.63, 3.8) is 0 Å². The molecule has 0 amide bonds. The van der Waals surface area contributed by atoms with Gasteiger partial charge in [0.1, 0.15) is 0 Å². The summed E-state index contributed by atoms with van der Waals surface area (Å²) in [6.07, 6.45) is 2.64. The first-order chi connectivity index (χ1) is 9.81. The van der Waals surface area contributed by atoms with Crippen molar-refractivity contribution in [3.05, 3.63) is 22.7 Å². The van der Waals surface area contributed by atoms with Crippen molar-refractivity contribution in [2.24, 2.45) is 10.8 Å². The van der Waals surface area contributed by atoms with Crippen LogP contribution in [0.4, 0.5) is 0 Å². The van der Waals surface area contributed by atoms with E-state index in [1.54, 1.807) is 19.9 Å². The van der Waals surface area contributed by atoms with Crippen molar-refractivity contribution in [2.45, 2.75) is 33.1 Å². The summed E-state index contributed by atoms with van der Waals surface area (Å²) >= 11 is 6.29. The molecule has 0 bridgehead atoms. The van der Waals surface area contributed by atoms with Gasteiger partial charge in [0, 0.05) is 5.41 Å². The smallest absolute Gasteiger partial charge is 0.309 e. The number of fused-ring (bicyclic) bond motifs is 1. The molecule has 0 saturated heterocycles. The SMILES string of the molecule is CC(C)(Cc1cc(Cl)c2c(c1)OCC1(CC1)CO2)C(=O)O. The molecule has 1 heterocycles. The topological polar surface area (TPSA) is 55.8 Å². The predicted molar refractivity (Wildman–Crippen MR) is 79.2 cm³/mol. The van der Waals surface area contributed by atoms with E-state index in [0.717, 1.165) is 18.4 Å². The highest BCUT2D eigenvalue weighted by Gasteiger charge is 2.46. The first-order valence-corrected chi connectivity index (χ1v) is 7.51. The molecule has 3 rings (SSSR count). The fourth-order valence-corrected chi connectivity index (χ4v) is 2.81. The number of hydrogen-bond acceptors (Lipinski definition) is 3. The Morgan fingerprint density at radius 3 is 2.62 bits per heavy atom. The lowest BCUT2D eigenvalue weighted by Gasteiger charge is -2.20. The Hall–Kier alpha value is -1.42. The molecular weight excluding hydrogens is 292 g/mol. The van der Waals surface area contributed by atoms with Crippen LogP contribution >= 0.6 is 11.6 Å². The van der Waals surface area contributed by atoms with E-state index in [2.05, 4.69) is 0 Å². The molecule has 1 saturated carbocycles. The highest BCUT2D eigenvalue weighted by molar-refractivity contribution is 6.32. The molecule has 0 unspecified atom stereocenters. The van der Waals surface area contributed by atoms with Gasteiger partial charge >= 0.3 is 5.97 Å². The Bertz CT molecular complexity index is 590. The number of halogens is 1. The standard InChI is InChI=1S/C16H19ClO4/c1-15(2,14(18)19)7-10-5-11(17)13-12(6-10)20-8-16(3-4-16)9-21-13/h5-6H,3-4,7-9H2,1-2H3,(H,18,19). The largest absolute Gasteiger partial charge is 0.489 e. The molecule has 2 aliphatic rings. The zero-order valence-electron chi connectivity index (χ0n) is 12.2. The van der Waals surface area contributed by atoms with E-state index in [4.69, 9.17) is 21.1 Å². The lowest BCUT2D eigenvalue weighted by Crippen LogP contribution is -2.26. The fraction of sp³-hybridized carbons (Fsp3) is 0.562. The number of ether oxygens (including phenoxy) is 2. The molecule has 1 aromatic carbocycles. The van der Waals surface area contributed by atoms with Crippen molar-refractivity contribution in [1.82, 2.24) is 0 Å². The third-order valence-corrected chi connectivity index (χ3v) is 4.59. The average Bonchev–Trinajstić information content (AvgIpc) is 3.17. The number of carboxylic acid groups (broad SMARTS) is 1. The van der Waals surface area contributed by atoms with Gasteiger partial charge in [-0.3, -0.25) is 4.79 Å². The van der Waals surface area contributed by atoms with E-state index in [9.17, 15) is 9.90 Å². The maximum atomic E-state index is 11.3. The number of hydrogen-bond donors (Lipinski definition) is 1. The van der Waals surface area contributed by atoms with Crippen LogP contribution in [0.2, 0.25) is 5.02 Å². The maximum absolute atomic E-state index is 11.3. The Morgan fingerprint density at radius 1 is 1.33 bits per heavy atom. The van der Waals surface area contributed by atoms with E-state index >= 15 is 0 Å². The van der Waals surface area contributed by atoms with Crippen LogP contribution in [0.5, 0.6) is 11.5 Å². The molecule has 1 N–H and O–H groups in total. The number of benzene rings is 1. The minimum absolute atomic E-state index is 0.156. The van der Waals surface area contributed by atoms with E-state index in [1.807, 2.05) is 6.07 Å². The summed E-state index contributed by atoms with van der Waals surface area (Å²) in [4.78, 5) is 11.3. The monoisotopic (exact) mass is 310 g/mol. The van der Waals surface area contributed by atoms with Crippen LogP contribution in [0.25, 0.3) is 0 Å². The Kier molecular flexibility index (Phi) is 3.32. The molecule has 1 spiro atoms. The molecule has 0 atom stereocenters. The van der Waals surface area contributed by atoms with Crippen molar-refractivity contribution >= 4 is 17.6 Å². The van der Waals surface area contributed by atoms with Crippen molar-refractivity contribution < 1.29 is 19.4 Å². The lowest BCUT2D eigenvalue weighted by molar-refractivity contribution is -0.146. The van der Waals surface area contributed by atoms with Crippen LogP contribution < -0.4 is 9.47 Å². The van der Waals surface area contributed by atoms with Crippen molar-refractivity contribution in [3.8, 4) is 11.5 Å². The lowest BCUT2D eigenvalue weighted by atomic mass is 9.86. The second-order valence-electron chi connectivity index (χ2n) is 6.85. The van der Waals surface area contributed by atoms with Gasteiger partial charge < -0.3 is 14.6 Å². The van der Waals surface area contributed by atoms with Gasteiger partial charge in [0.05, 0.1) is 23.7 Å². The zero-order chi connectivity index (χ0) is 15.3. The third kappa shape index (κ3) is 2.82. The molecule has 0 radical (unpaired) electrons. The Balaban J connectivity index is 1.87. The molecule has 1 fully saturated rings. The number of rotatable bonds is 3. The number of aliphatic carboxylic acids is 1. The quantitative estimate of drug-likeness (QED) is 0.927. The van der Waals surface area contributed by atoms with Gasteiger partial charge in [0.15, 0.2) is 11.5 Å². The fourth-order valence-electron chi connectivity index (χ4n) is 2.52. The van der Waals surface area contributed by atoms with E-state index < -0.39 is 11.4 Å². The van der Waals surface area contributed by atoms with Gasteiger partial charge in [-0.15, -0.1) is 0 Å². The summed E-state index contributed by atoms with van der Waals surface area (Å²) in [5, 5.41) is 9.73. The summed E-state index contributed by atoms with van der Waals surface area (Å²) in [5.41, 5.74) is 0.158. The van der Waals surface area contributed by atoms with Crippen LogP contribution in [0.3, 0.4) is 0 Å². The van der Waals surface area contributed by atoms with Crippen LogP contribution in [-0.4, -0.2) is 24.3 Å². The minimum Gasteiger partial charge on any atom is -0.489 e. The third-order valence-electron chi connectivity index (χ3n) is 4.31. The van der Waals surface area contributed by atoms with Crippen LogP contribution in [0, 0.1) is 10.8 Å². The van der Waals surface area contributed by atoms with E-state index in [1.165, 1.54) is 0 Å². The Morgan fingerprint density at radius 2 is 2.00 bits per heavy atom. The summed E-state index contributed by atoms with van der Waals surface area (Å²) < 4.78 is 11.7. The second kappa shape index (κ2) is 4.80. The molecule has 4 nitrogen and oxygen atoms in total. The van der Waals surface area contributed by atoms with Gasteiger partial charge in [0.2, 0.25) is 0 Å². The normalized spacial score (nSPS) is 19.2. The molecule has 114 valence electrons. The highest BCUT2D eigenvalue weighted by Crippen LogP contribution is 2.50. The van der Waals surface area contributed by atoms with Gasteiger partial charge in [0.25, 0.3) is 0 Å². The zero-order valence-corrected chi connectivity index (χ0v) is 13.0. The Labute approximate surface area is 129 Å². The number of carboxylic acids is 1. The minimum atomic E-state index is -0.846. The van der Waals surface area contributed by atoms with Gasteiger partial charge in [-0.2, -0.15) is 0 Å². The molecule has 1 aliphatic carbocycles. The van der Waals surface area contributed by atoms with Gasteiger partial charge in [-0.1, -0.05) is 11.6 Å². The molecular formula is C16H19ClO4. The molecule has 0 aromatic heterocycles. The maximum Gasteiger partial charge on any atom is 0.309 e. The average molecular weight is 311 g/mol. The summed E-state index contributed by atoms with van der Waals surface area (Å²) in [5.74, 6) is 0.377. The summed E-state index contributed by atoms with van der Waals surface area (Å²) in [6.45, 7) is 4.68. The molecule has 1 aliphatic heterocycles. The highest BCUT2D eigenvalue weighted by atomic mass is 35.5. The van der Waals surface area contributed by atoms with Crippen LogP contribution in [-0.2, 0) is 11.2 Å². The number of carbonyl (C=O) groups is 1. The predicted octanol–water partition coefficient (Wildman–Crippen LogP) is 3.54.